The van der Waals surface area contributed by atoms with Gasteiger partial charge in [-0.15, -0.1) is 0 Å². The lowest BCUT2D eigenvalue weighted by Crippen LogP contribution is -2.23. The number of nitrogens with two attached hydrogens (primary N) is 1. The fourth-order valence-corrected chi connectivity index (χ4v) is 3.71. The number of ether oxygens (including phenoxy) is 1. The average molecular weight is 466 g/mol. The number of hydrogen-bond acceptors (Lipinski definition) is 7. The fraction of sp³-hybridized carbons (Fsp3) is 0.864. The minimum absolute atomic E-state index is 0.0691. The molecule has 0 fully saturated rings. The van der Waals surface area contributed by atoms with Crippen LogP contribution in [-0.2, 0) is 23.1 Å². The first-order chi connectivity index (χ1) is 14.9. The van der Waals surface area contributed by atoms with E-state index in [1.165, 1.54) is 70.3 Å². The molecule has 0 saturated heterocycles. The Kier molecular flexibility index (Phi) is 20.6. The summed E-state index contributed by atoms with van der Waals surface area (Å²) in [5.74, 6) is -0.565. The van der Waals surface area contributed by atoms with E-state index in [9.17, 15) is 19.4 Å². The maximum Gasteiger partial charge on any atom is 0.472 e. The third kappa shape index (κ3) is 22.2. The van der Waals surface area contributed by atoms with Crippen molar-refractivity contribution in [3.8, 4) is 0 Å². The molecule has 31 heavy (non-hydrogen) atoms. The van der Waals surface area contributed by atoms with Crippen molar-refractivity contribution < 1.29 is 33.1 Å². The maximum atomic E-state index is 11.6. The zero-order valence-corrected chi connectivity index (χ0v) is 20.1. The van der Waals surface area contributed by atoms with Crippen LogP contribution in [0.1, 0.15) is 90.4 Å². The van der Waals surface area contributed by atoms with Crippen molar-refractivity contribution in [2.75, 3.05) is 26.4 Å². The highest BCUT2D eigenvalue weighted by Crippen LogP contribution is 2.42. The van der Waals surface area contributed by atoms with Crippen LogP contribution in [0.4, 0.5) is 0 Å². The topological polar surface area (TPSA) is 128 Å². The van der Waals surface area contributed by atoms with Gasteiger partial charge in [0.1, 0.15) is 12.7 Å². The highest BCUT2D eigenvalue weighted by atomic mass is 31.2. The van der Waals surface area contributed by atoms with Gasteiger partial charge in [-0.25, -0.2) is 9.36 Å². The molecule has 184 valence electrons. The van der Waals surface area contributed by atoms with Gasteiger partial charge < -0.3 is 20.5 Å². The molecular weight excluding hydrogens is 421 g/mol. The summed E-state index contributed by atoms with van der Waals surface area (Å²) >= 11 is 0. The molecule has 0 saturated carbocycles. The van der Waals surface area contributed by atoms with Crippen molar-refractivity contribution in [1.82, 2.24) is 0 Å². The first kappa shape index (κ1) is 30.2. The number of unbranched alkanes of at least 4 members (excludes halogenated alkanes) is 12. The van der Waals surface area contributed by atoms with Gasteiger partial charge in [-0.3, -0.25) is 9.05 Å². The number of phosphoric ester groups is 1. The number of rotatable bonds is 22. The molecule has 0 heterocycles. The van der Waals surface area contributed by atoms with Crippen LogP contribution < -0.4 is 5.73 Å². The zero-order valence-electron chi connectivity index (χ0n) is 19.2. The normalized spacial score (nSPS) is 14.6. The van der Waals surface area contributed by atoms with Crippen LogP contribution >= 0.6 is 7.82 Å². The van der Waals surface area contributed by atoms with Crippen molar-refractivity contribution in [1.29, 1.82) is 0 Å². The molecule has 0 spiro atoms. The summed E-state index contributed by atoms with van der Waals surface area (Å²) in [7, 11) is -4.25. The number of allylic oxidation sites excluding steroid dienone is 1. The predicted molar refractivity (Wildman–Crippen MR) is 123 cm³/mol. The number of esters is 1. The van der Waals surface area contributed by atoms with Crippen LogP contribution in [0.3, 0.4) is 0 Å². The van der Waals surface area contributed by atoms with Crippen LogP contribution in [0, 0.1) is 0 Å². The molecule has 0 aromatic heterocycles. The van der Waals surface area contributed by atoms with Crippen LogP contribution in [0.25, 0.3) is 0 Å². The Hall–Kier alpha value is -0.760. The van der Waals surface area contributed by atoms with Crippen molar-refractivity contribution in [3.05, 3.63) is 12.2 Å². The molecule has 0 aliphatic rings. The lowest BCUT2D eigenvalue weighted by Gasteiger charge is -2.14. The second-order valence-corrected chi connectivity index (χ2v) is 9.20. The van der Waals surface area contributed by atoms with Crippen molar-refractivity contribution in [3.63, 3.8) is 0 Å². The Morgan fingerprint density at radius 2 is 1.48 bits per heavy atom. The Morgan fingerprint density at radius 3 is 2.03 bits per heavy atom. The van der Waals surface area contributed by atoms with Gasteiger partial charge in [-0.2, -0.15) is 0 Å². The van der Waals surface area contributed by atoms with E-state index in [4.69, 9.17) is 10.5 Å². The third-order valence-corrected chi connectivity index (χ3v) is 5.68. The summed E-state index contributed by atoms with van der Waals surface area (Å²) in [5, 5.41) is 9.64. The Labute approximate surface area is 188 Å². The van der Waals surface area contributed by atoms with E-state index >= 15 is 0 Å². The molecule has 0 aliphatic heterocycles. The smallest absolute Gasteiger partial charge is 0.460 e. The average Bonchev–Trinajstić information content (AvgIpc) is 2.75. The van der Waals surface area contributed by atoms with Crippen molar-refractivity contribution in [2.45, 2.75) is 96.5 Å². The summed E-state index contributed by atoms with van der Waals surface area (Å²) in [5.41, 5.74) is 5.16. The van der Waals surface area contributed by atoms with Gasteiger partial charge >= 0.3 is 13.8 Å². The number of carbonyl (C=O) groups excluding carboxylic acids is 1. The molecule has 0 radical (unpaired) electrons. The van der Waals surface area contributed by atoms with Gasteiger partial charge in [0.2, 0.25) is 0 Å². The lowest BCUT2D eigenvalue weighted by atomic mass is 10.0. The summed E-state index contributed by atoms with van der Waals surface area (Å²) in [6.45, 7) is 1.35. The molecule has 0 bridgehead atoms. The van der Waals surface area contributed by atoms with E-state index in [1.54, 1.807) is 6.08 Å². The van der Waals surface area contributed by atoms with E-state index < -0.39 is 26.5 Å². The van der Waals surface area contributed by atoms with E-state index in [1.807, 2.05) is 0 Å². The molecule has 4 N–H and O–H groups in total. The van der Waals surface area contributed by atoms with Crippen LogP contribution in [0.15, 0.2) is 12.2 Å². The standard InChI is InChI=1S/C22H44NO7P/c1-2-3-4-5-6-7-8-9-10-11-12-13-14-15-16-22(25)28-19-21(24)20-30-31(26,27)29-18-17-23/h15-16,21,24H,2-14,17-20,23H2,1H3,(H,26,27)/t21-/m1/s1. The van der Waals surface area contributed by atoms with Crippen molar-refractivity contribution >= 4 is 13.8 Å². The number of hydrogen-bond donors (Lipinski definition) is 3. The summed E-state index contributed by atoms with van der Waals surface area (Å²) < 4.78 is 25.4. The Balaban J connectivity index is 3.54. The van der Waals surface area contributed by atoms with E-state index in [-0.39, 0.29) is 19.8 Å². The highest BCUT2D eigenvalue weighted by molar-refractivity contribution is 7.47. The zero-order chi connectivity index (χ0) is 23.2. The maximum absolute atomic E-state index is 11.6. The number of aliphatic hydroxyl groups is 1. The van der Waals surface area contributed by atoms with Crippen LogP contribution in [0.5, 0.6) is 0 Å². The number of carbonyl (C=O) groups is 1. The summed E-state index contributed by atoms with van der Waals surface area (Å²) in [4.78, 5) is 20.9. The van der Waals surface area contributed by atoms with Gasteiger partial charge in [0.15, 0.2) is 0 Å². The largest absolute Gasteiger partial charge is 0.472 e. The van der Waals surface area contributed by atoms with Gasteiger partial charge in [0.05, 0.1) is 13.2 Å². The first-order valence-electron chi connectivity index (χ1n) is 11.7. The minimum Gasteiger partial charge on any atom is -0.460 e. The Bertz CT molecular complexity index is 502. The number of aliphatic hydroxyl groups excluding tert-OH is 1. The van der Waals surface area contributed by atoms with Crippen LogP contribution in [-0.4, -0.2) is 48.4 Å². The first-order valence-corrected chi connectivity index (χ1v) is 13.2. The molecule has 0 rings (SSSR count). The highest BCUT2D eigenvalue weighted by Gasteiger charge is 2.22. The monoisotopic (exact) mass is 465 g/mol. The van der Waals surface area contributed by atoms with E-state index in [0.29, 0.717) is 0 Å². The van der Waals surface area contributed by atoms with Gasteiger partial charge in [0.25, 0.3) is 0 Å². The molecule has 0 aromatic carbocycles. The van der Waals surface area contributed by atoms with Crippen LogP contribution in [0.2, 0.25) is 0 Å². The van der Waals surface area contributed by atoms with Gasteiger partial charge in [-0.05, 0) is 12.8 Å². The van der Waals surface area contributed by atoms with E-state index in [2.05, 4.69) is 16.0 Å². The summed E-state index contributed by atoms with van der Waals surface area (Å²) in [6.07, 6.45) is 18.2. The molecule has 8 nitrogen and oxygen atoms in total. The van der Waals surface area contributed by atoms with Gasteiger partial charge in [-0.1, -0.05) is 83.6 Å². The van der Waals surface area contributed by atoms with Crippen molar-refractivity contribution in [2.24, 2.45) is 5.73 Å². The Morgan fingerprint density at radius 1 is 0.935 bits per heavy atom. The fourth-order valence-electron chi connectivity index (χ4n) is 2.94. The molecular formula is C22H44NO7P. The molecule has 0 aromatic rings. The number of phosphoric acid groups is 1. The molecule has 9 heteroatoms. The second kappa shape index (κ2) is 21.1. The molecule has 0 aliphatic carbocycles. The molecule has 1 unspecified atom stereocenters. The molecule has 0 amide bonds. The lowest BCUT2D eigenvalue weighted by molar-refractivity contribution is -0.141. The second-order valence-electron chi connectivity index (χ2n) is 7.75. The predicted octanol–water partition coefficient (Wildman–Crippen LogP) is 4.63. The minimum atomic E-state index is -4.25. The SMILES string of the molecule is CCCCCCCCCCCCCCC=CC(=O)OC[C@@H](O)COP(=O)(O)OCCN. The van der Waals surface area contributed by atoms with Gasteiger partial charge in [0, 0.05) is 12.6 Å². The van der Waals surface area contributed by atoms with E-state index in [0.717, 1.165) is 19.3 Å². The third-order valence-electron chi connectivity index (χ3n) is 4.70. The summed E-state index contributed by atoms with van der Waals surface area (Å²) in [6, 6.07) is 0. The molecule has 2 atom stereocenters. The quantitative estimate of drug-likeness (QED) is 0.0913.